The minimum atomic E-state index is -0.673. The Bertz CT molecular complexity index is 1210. The van der Waals surface area contributed by atoms with E-state index >= 15 is 0 Å². The van der Waals surface area contributed by atoms with Crippen molar-refractivity contribution < 1.29 is 14.6 Å². The molecular formula is C31H37ClO3. The van der Waals surface area contributed by atoms with Crippen molar-refractivity contribution in [3.8, 4) is 11.1 Å². The van der Waals surface area contributed by atoms with E-state index in [1.807, 2.05) is 45.0 Å². The lowest BCUT2D eigenvalue weighted by molar-refractivity contribution is -0.138. The van der Waals surface area contributed by atoms with Gasteiger partial charge in [-0.2, -0.15) is 0 Å². The Morgan fingerprint density at radius 1 is 1.09 bits per heavy atom. The van der Waals surface area contributed by atoms with Gasteiger partial charge in [-0.05, 0) is 111 Å². The van der Waals surface area contributed by atoms with Crippen LogP contribution in [-0.2, 0) is 16.0 Å². The summed E-state index contributed by atoms with van der Waals surface area (Å²) in [5, 5.41) is 13.8. The van der Waals surface area contributed by atoms with Gasteiger partial charge in [-0.3, -0.25) is 4.79 Å². The summed E-state index contributed by atoms with van der Waals surface area (Å²) in [6.45, 7) is 9.59. The molecule has 0 bridgehead atoms. The average molecular weight is 493 g/mol. The summed E-state index contributed by atoms with van der Waals surface area (Å²) >= 11 is 6.23. The third-order valence-electron chi connectivity index (χ3n) is 7.10. The molecule has 3 aromatic carbocycles. The number of carbonyl (C=O) groups excluding carboxylic acids is 1. The second kappa shape index (κ2) is 10.0. The predicted octanol–water partition coefficient (Wildman–Crippen LogP) is 8.15. The first-order valence-corrected chi connectivity index (χ1v) is 13.1. The lowest BCUT2D eigenvalue weighted by atomic mass is 9.85. The lowest BCUT2D eigenvalue weighted by Gasteiger charge is -2.29. The van der Waals surface area contributed by atoms with E-state index in [0.717, 1.165) is 71.6 Å². The second-order valence-corrected chi connectivity index (χ2v) is 11.6. The van der Waals surface area contributed by atoms with Crippen molar-refractivity contribution >= 4 is 28.2 Å². The van der Waals surface area contributed by atoms with Gasteiger partial charge in [0, 0.05) is 5.02 Å². The molecule has 1 atom stereocenters. The first-order chi connectivity index (χ1) is 16.5. The molecule has 3 nitrogen and oxygen atoms in total. The molecule has 1 aliphatic rings. The second-order valence-electron chi connectivity index (χ2n) is 11.2. The number of aliphatic hydroxyl groups is 1. The maximum atomic E-state index is 12.9. The van der Waals surface area contributed by atoms with Gasteiger partial charge in [0.05, 0.1) is 11.2 Å². The number of fused-ring (bicyclic) bond motifs is 1. The summed E-state index contributed by atoms with van der Waals surface area (Å²) < 4.78 is 6.35. The van der Waals surface area contributed by atoms with E-state index in [2.05, 4.69) is 31.2 Å². The zero-order valence-electron chi connectivity index (χ0n) is 21.6. The normalized spacial score (nSPS) is 16.5. The fourth-order valence-electron chi connectivity index (χ4n) is 5.38. The van der Waals surface area contributed by atoms with Crippen molar-refractivity contribution in [2.45, 2.75) is 90.4 Å². The molecule has 1 fully saturated rings. The quantitative estimate of drug-likeness (QED) is 0.362. The minimum Gasteiger partial charge on any atom is -0.390 e. The summed E-state index contributed by atoms with van der Waals surface area (Å²) in [6, 6.07) is 16.5. The lowest BCUT2D eigenvalue weighted by Crippen LogP contribution is -2.27. The molecule has 0 spiro atoms. The topological polar surface area (TPSA) is 46.5 Å². The van der Waals surface area contributed by atoms with Crippen LogP contribution in [0.1, 0.15) is 82.6 Å². The van der Waals surface area contributed by atoms with Gasteiger partial charge in [0.15, 0.2) is 5.78 Å². The molecule has 0 amide bonds. The number of rotatable bonds is 7. The molecule has 1 N–H and O–H groups in total. The molecule has 0 aromatic heterocycles. The van der Waals surface area contributed by atoms with E-state index < -0.39 is 17.3 Å². The summed E-state index contributed by atoms with van der Waals surface area (Å²) in [5.74, 6) is -0.0165. The maximum Gasteiger partial charge on any atom is 0.163 e. The largest absolute Gasteiger partial charge is 0.390 e. The van der Waals surface area contributed by atoms with E-state index in [0.29, 0.717) is 5.02 Å². The van der Waals surface area contributed by atoms with Crippen molar-refractivity contribution in [1.82, 2.24) is 0 Å². The monoisotopic (exact) mass is 492 g/mol. The zero-order valence-corrected chi connectivity index (χ0v) is 22.3. The van der Waals surface area contributed by atoms with Gasteiger partial charge in [-0.15, -0.1) is 0 Å². The third-order valence-corrected chi connectivity index (χ3v) is 7.35. The summed E-state index contributed by atoms with van der Waals surface area (Å²) in [4.78, 5) is 12.9. The van der Waals surface area contributed by atoms with E-state index in [4.69, 9.17) is 16.3 Å². The average Bonchev–Trinajstić information content (AvgIpc) is 3.22. The van der Waals surface area contributed by atoms with Crippen LogP contribution in [0.5, 0.6) is 0 Å². The summed E-state index contributed by atoms with van der Waals surface area (Å²) in [5.41, 5.74) is 4.14. The molecular weight excluding hydrogens is 456 g/mol. The number of Topliss-reactive ketones (excluding diaryl/α,β-unsaturated/α-hetero) is 1. The first-order valence-electron chi connectivity index (χ1n) is 12.7. The Balaban J connectivity index is 1.90. The Hall–Kier alpha value is -2.20. The number of hydrogen-bond acceptors (Lipinski definition) is 3. The van der Waals surface area contributed by atoms with Crippen LogP contribution in [0.4, 0.5) is 0 Å². The summed E-state index contributed by atoms with van der Waals surface area (Å²) in [6.07, 6.45) is 4.93. The number of ketones is 1. The number of halogens is 1. The zero-order chi connectivity index (χ0) is 25.4. The van der Waals surface area contributed by atoms with Gasteiger partial charge >= 0.3 is 0 Å². The fourth-order valence-corrected chi connectivity index (χ4v) is 5.50. The Kier molecular flexibility index (Phi) is 7.43. The number of hydrogen-bond donors (Lipinski definition) is 1. The molecule has 4 rings (SSSR count). The van der Waals surface area contributed by atoms with Crippen LogP contribution in [0.15, 0.2) is 48.5 Å². The van der Waals surface area contributed by atoms with Crippen LogP contribution in [-0.4, -0.2) is 22.1 Å². The highest BCUT2D eigenvalue weighted by atomic mass is 35.5. The van der Waals surface area contributed by atoms with E-state index in [1.165, 1.54) is 5.56 Å². The van der Waals surface area contributed by atoms with E-state index in [1.54, 1.807) is 6.92 Å². The van der Waals surface area contributed by atoms with Crippen molar-refractivity contribution in [2.24, 2.45) is 0 Å². The number of benzene rings is 3. The fraction of sp³-hybridized carbons (Fsp3) is 0.452. The molecule has 1 saturated carbocycles. The maximum absolute atomic E-state index is 12.9. The first kappa shape index (κ1) is 25.9. The molecule has 186 valence electrons. The summed E-state index contributed by atoms with van der Waals surface area (Å²) in [7, 11) is 0. The van der Waals surface area contributed by atoms with Crippen molar-refractivity contribution in [3.63, 3.8) is 0 Å². The molecule has 0 saturated heterocycles. The molecule has 4 heteroatoms. The number of carbonyl (C=O) groups is 1. The standard InChI is InChI=1S/C31H37ClO3/c1-20-18-24-9-8-22(14-17-31(34)15-6-7-16-31)19-26(24)28(23-10-12-25(32)13-11-23)27(20)29(21(2)33)35-30(3,4)5/h8-13,18-19,29,34H,6-7,14-17H2,1-5H3. The Morgan fingerprint density at radius 3 is 2.34 bits per heavy atom. The van der Waals surface area contributed by atoms with E-state index in [-0.39, 0.29) is 5.78 Å². The Labute approximate surface area is 214 Å². The molecule has 0 radical (unpaired) electrons. The molecule has 35 heavy (non-hydrogen) atoms. The number of aryl methyl sites for hydroxylation is 2. The van der Waals surface area contributed by atoms with Gasteiger partial charge in [0.1, 0.15) is 6.10 Å². The van der Waals surface area contributed by atoms with Crippen molar-refractivity contribution in [2.75, 3.05) is 0 Å². The molecule has 1 unspecified atom stereocenters. The van der Waals surface area contributed by atoms with Crippen LogP contribution in [0.2, 0.25) is 5.02 Å². The van der Waals surface area contributed by atoms with Gasteiger partial charge in [-0.1, -0.05) is 60.8 Å². The smallest absolute Gasteiger partial charge is 0.163 e. The van der Waals surface area contributed by atoms with Gasteiger partial charge < -0.3 is 9.84 Å². The van der Waals surface area contributed by atoms with Gasteiger partial charge in [0.25, 0.3) is 0 Å². The minimum absolute atomic E-state index is 0.0165. The van der Waals surface area contributed by atoms with E-state index in [9.17, 15) is 9.90 Å². The van der Waals surface area contributed by atoms with Crippen molar-refractivity contribution in [1.29, 1.82) is 0 Å². The highest BCUT2D eigenvalue weighted by Crippen LogP contribution is 2.42. The SMILES string of the molecule is CC(=O)C(OC(C)(C)C)c1c(C)cc2ccc(CCC3(O)CCCC3)cc2c1-c1ccc(Cl)cc1. The van der Waals surface area contributed by atoms with Crippen LogP contribution in [0, 0.1) is 6.92 Å². The molecule has 0 aliphatic heterocycles. The molecule has 1 aliphatic carbocycles. The van der Waals surface area contributed by atoms with Crippen LogP contribution in [0.3, 0.4) is 0 Å². The van der Waals surface area contributed by atoms with Crippen LogP contribution < -0.4 is 0 Å². The third kappa shape index (κ3) is 5.97. The predicted molar refractivity (Wildman–Crippen MR) is 145 cm³/mol. The van der Waals surface area contributed by atoms with Gasteiger partial charge in [-0.25, -0.2) is 0 Å². The Morgan fingerprint density at radius 2 is 1.74 bits per heavy atom. The van der Waals surface area contributed by atoms with Gasteiger partial charge in [0.2, 0.25) is 0 Å². The van der Waals surface area contributed by atoms with Crippen molar-refractivity contribution in [3.05, 3.63) is 70.2 Å². The van der Waals surface area contributed by atoms with Crippen LogP contribution >= 0.6 is 11.6 Å². The molecule has 3 aromatic rings. The highest BCUT2D eigenvalue weighted by molar-refractivity contribution is 6.30. The highest BCUT2D eigenvalue weighted by Gasteiger charge is 2.31. The molecule has 0 heterocycles. The number of ether oxygens (including phenoxy) is 1. The van der Waals surface area contributed by atoms with Crippen LogP contribution in [0.25, 0.3) is 21.9 Å².